The zero-order chi connectivity index (χ0) is 14.8. The summed E-state index contributed by atoms with van der Waals surface area (Å²) in [4.78, 5) is 0. The third-order valence-electron chi connectivity index (χ3n) is 3.73. The fourth-order valence-corrected chi connectivity index (χ4v) is 2.52. The molecule has 2 heterocycles. The Morgan fingerprint density at radius 2 is 2.00 bits per heavy atom. The molecule has 0 fully saturated rings. The second-order valence-corrected chi connectivity index (χ2v) is 5.78. The minimum absolute atomic E-state index is 0.617. The van der Waals surface area contributed by atoms with E-state index in [4.69, 9.17) is 4.42 Å². The van der Waals surface area contributed by atoms with E-state index in [1.54, 1.807) is 0 Å². The van der Waals surface area contributed by atoms with Crippen molar-refractivity contribution in [3.05, 3.63) is 36.2 Å². The van der Waals surface area contributed by atoms with Crippen LogP contribution in [0.2, 0.25) is 0 Å². The van der Waals surface area contributed by atoms with Crippen molar-refractivity contribution < 1.29 is 4.42 Å². The summed E-state index contributed by atoms with van der Waals surface area (Å²) in [5, 5.41) is 9.51. The van der Waals surface area contributed by atoms with E-state index < -0.39 is 0 Å². The molecule has 0 aliphatic rings. The van der Waals surface area contributed by atoms with Crippen LogP contribution in [-0.2, 0) is 13.0 Å². The number of para-hydroxylation sites is 1. The number of hydrogen-bond donors (Lipinski definition) is 0. The van der Waals surface area contributed by atoms with Crippen LogP contribution in [0.5, 0.6) is 0 Å². The number of rotatable bonds is 5. The number of nitrogens with zero attached hydrogens (tertiary/aromatic N) is 3. The van der Waals surface area contributed by atoms with Gasteiger partial charge in [-0.3, -0.25) is 0 Å². The smallest absolute Gasteiger partial charge is 0.264 e. The van der Waals surface area contributed by atoms with Crippen molar-refractivity contribution in [2.24, 2.45) is 5.92 Å². The van der Waals surface area contributed by atoms with Crippen LogP contribution in [0.4, 0.5) is 0 Å². The molecule has 21 heavy (non-hydrogen) atoms. The zero-order valence-electron chi connectivity index (χ0n) is 12.8. The normalized spacial score (nSPS) is 11.6. The second-order valence-electron chi connectivity index (χ2n) is 5.78. The summed E-state index contributed by atoms with van der Waals surface area (Å²) in [6.45, 7) is 7.47. The molecule has 0 aliphatic carbocycles. The second kappa shape index (κ2) is 5.72. The predicted molar refractivity (Wildman–Crippen MR) is 84.1 cm³/mol. The van der Waals surface area contributed by atoms with E-state index in [9.17, 15) is 0 Å². The van der Waals surface area contributed by atoms with Crippen LogP contribution in [-0.4, -0.2) is 14.8 Å². The lowest BCUT2D eigenvalue weighted by molar-refractivity contribution is 0.497. The molecule has 3 rings (SSSR count). The van der Waals surface area contributed by atoms with Crippen molar-refractivity contribution in [3.63, 3.8) is 0 Å². The number of hydrogen-bond acceptors (Lipinski definition) is 3. The number of fused-ring (bicyclic) bond motifs is 1. The highest BCUT2D eigenvalue weighted by Gasteiger charge is 2.15. The Balaban J connectivity index is 2.09. The summed E-state index contributed by atoms with van der Waals surface area (Å²) < 4.78 is 8.05. The molecule has 0 N–H and O–H groups in total. The first kappa shape index (κ1) is 13.9. The zero-order valence-corrected chi connectivity index (χ0v) is 12.8. The highest BCUT2D eigenvalue weighted by Crippen LogP contribution is 2.28. The lowest BCUT2D eigenvalue weighted by atomic mass is 10.1. The molecule has 4 heteroatoms. The van der Waals surface area contributed by atoms with Crippen LogP contribution < -0.4 is 0 Å². The van der Waals surface area contributed by atoms with Gasteiger partial charge in [0.1, 0.15) is 5.69 Å². The van der Waals surface area contributed by atoms with E-state index in [1.165, 1.54) is 10.9 Å². The summed E-state index contributed by atoms with van der Waals surface area (Å²) in [5.41, 5.74) is 2.24. The minimum Gasteiger partial charge on any atom is -0.419 e. The average molecular weight is 283 g/mol. The molecule has 0 spiro atoms. The third-order valence-corrected chi connectivity index (χ3v) is 3.73. The van der Waals surface area contributed by atoms with E-state index in [2.05, 4.69) is 58.9 Å². The molecule has 0 saturated heterocycles. The molecule has 4 nitrogen and oxygen atoms in total. The molecule has 110 valence electrons. The summed E-state index contributed by atoms with van der Waals surface area (Å²) in [6, 6.07) is 10.5. The SMILES string of the molecule is CCc1nnc(-c2cc3ccccc3n2CCC(C)C)o1. The van der Waals surface area contributed by atoms with E-state index in [0.717, 1.165) is 25.1 Å². The van der Waals surface area contributed by atoms with Gasteiger partial charge in [0.2, 0.25) is 5.89 Å². The Morgan fingerprint density at radius 1 is 1.19 bits per heavy atom. The molecule has 0 saturated carbocycles. The lowest BCUT2D eigenvalue weighted by Crippen LogP contribution is -2.03. The van der Waals surface area contributed by atoms with Gasteiger partial charge in [0.25, 0.3) is 5.89 Å². The van der Waals surface area contributed by atoms with E-state index >= 15 is 0 Å². The van der Waals surface area contributed by atoms with Gasteiger partial charge < -0.3 is 8.98 Å². The quantitative estimate of drug-likeness (QED) is 0.701. The minimum atomic E-state index is 0.617. The lowest BCUT2D eigenvalue weighted by Gasteiger charge is -2.10. The first-order chi connectivity index (χ1) is 10.2. The summed E-state index contributed by atoms with van der Waals surface area (Å²) in [7, 11) is 0. The molecule has 3 aromatic rings. The largest absolute Gasteiger partial charge is 0.419 e. The van der Waals surface area contributed by atoms with Gasteiger partial charge in [-0.2, -0.15) is 0 Å². The molecule has 2 aromatic heterocycles. The Hall–Kier alpha value is -2.10. The third kappa shape index (κ3) is 2.71. The first-order valence-corrected chi connectivity index (χ1v) is 7.60. The maximum atomic E-state index is 5.75. The highest BCUT2D eigenvalue weighted by molar-refractivity contribution is 5.85. The van der Waals surface area contributed by atoms with Crippen LogP contribution in [0, 0.1) is 5.92 Å². The van der Waals surface area contributed by atoms with Gasteiger partial charge in [0, 0.05) is 23.9 Å². The van der Waals surface area contributed by atoms with Gasteiger partial charge in [-0.1, -0.05) is 39.0 Å². The maximum Gasteiger partial charge on any atom is 0.264 e. The van der Waals surface area contributed by atoms with Gasteiger partial charge in [0.05, 0.1) is 0 Å². The number of aromatic nitrogens is 3. The Labute approximate surface area is 124 Å². The maximum absolute atomic E-state index is 5.75. The van der Waals surface area contributed by atoms with Gasteiger partial charge >= 0.3 is 0 Å². The van der Waals surface area contributed by atoms with Crippen molar-refractivity contribution in [1.82, 2.24) is 14.8 Å². The fraction of sp³-hybridized carbons (Fsp3) is 0.412. The van der Waals surface area contributed by atoms with E-state index in [0.29, 0.717) is 17.7 Å². The molecule has 0 amide bonds. The topological polar surface area (TPSA) is 43.9 Å². The highest BCUT2D eigenvalue weighted by atomic mass is 16.4. The Bertz CT molecular complexity index is 739. The predicted octanol–water partition coefficient (Wildman–Crippen LogP) is 4.30. The number of aryl methyl sites for hydroxylation is 2. The molecular formula is C17H21N3O. The van der Waals surface area contributed by atoms with Crippen molar-refractivity contribution >= 4 is 10.9 Å². The number of benzene rings is 1. The van der Waals surface area contributed by atoms with Crippen molar-refractivity contribution in [2.75, 3.05) is 0 Å². The van der Waals surface area contributed by atoms with Crippen molar-refractivity contribution in [2.45, 2.75) is 40.2 Å². The monoisotopic (exact) mass is 283 g/mol. The van der Waals surface area contributed by atoms with Crippen LogP contribution in [0.1, 0.15) is 33.1 Å². The molecule has 1 aromatic carbocycles. The van der Waals surface area contributed by atoms with Gasteiger partial charge in [-0.15, -0.1) is 10.2 Å². The first-order valence-electron chi connectivity index (χ1n) is 7.60. The van der Waals surface area contributed by atoms with E-state index in [-0.39, 0.29) is 0 Å². The molecule has 0 unspecified atom stereocenters. The molecular weight excluding hydrogens is 262 g/mol. The summed E-state index contributed by atoms with van der Waals surface area (Å²) in [5.74, 6) is 1.96. The van der Waals surface area contributed by atoms with Gasteiger partial charge in [-0.05, 0) is 24.5 Å². The van der Waals surface area contributed by atoms with Crippen LogP contribution >= 0.6 is 0 Å². The van der Waals surface area contributed by atoms with Gasteiger partial charge in [0.15, 0.2) is 0 Å². The van der Waals surface area contributed by atoms with Gasteiger partial charge in [-0.25, -0.2) is 0 Å². The molecule has 0 radical (unpaired) electrons. The molecule has 0 bridgehead atoms. The van der Waals surface area contributed by atoms with Crippen LogP contribution in [0.3, 0.4) is 0 Å². The summed E-state index contributed by atoms with van der Waals surface area (Å²) in [6.07, 6.45) is 1.89. The van der Waals surface area contributed by atoms with Crippen molar-refractivity contribution in [1.29, 1.82) is 0 Å². The van der Waals surface area contributed by atoms with Crippen LogP contribution in [0.25, 0.3) is 22.5 Å². The van der Waals surface area contributed by atoms with E-state index in [1.807, 2.05) is 6.92 Å². The average Bonchev–Trinajstić information content (AvgIpc) is 3.09. The molecule has 0 aliphatic heterocycles. The van der Waals surface area contributed by atoms with Crippen LogP contribution in [0.15, 0.2) is 34.7 Å². The summed E-state index contributed by atoms with van der Waals surface area (Å²) >= 11 is 0. The Morgan fingerprint density at radius 3 is 2.71 bits per heavy atom. The molecule has 0 atom stereocenters. The fourth-order valence-electron chi connectivity index (χ4n) is 2.52. The standard InChI is InChI=1S/C17H21N3O/c1-4-16-18-19-17(21-16)15-11-13-7-5-6-8-14(13)20(15)10-9-12(2)3/h5-8,11-12H,4,9-10H2,1-3H3. The Kier molecular flexibility index (Phi) is 3.78. The van der Waals surface area contributed by atoms with Crippen molar-refractivity contribution in [3.8, 4) is 11.6 Å².